The molecule has 14 nitrogen and oxygen atoms in total. The van der Waals surface area contributed by atoms with E-state index in [-0.39, 0.29) is 184 Å². The van der Waals surface area contributed by atoms with E-state index in [1.54, 1.807) is 13.8 Å². The van der Waals surface area contributed by atoms with E-state index in [1.165, 1.54) is 123 Å². The second kappa shape index (κ2) is 71.1. The summed E-state index contributed by atoms with van der Waals surface area (Å²) in [6.45, 7) is 54.6. The van der Waals surface area contributed by atoms with Crippen molar-refractivity contribution in [2.45, 2.75) is 509 Å². The molecule has 21 unspecified atom stereocenters. The standard InChI is InChI=1S/C18H34O2.C16H30O2.2C15H28O3.C14H26O2.C13H24O2.12CH4/c1-7-14-11-15(8-2)16(12-14)13(5)17(19)20-18(6,9-3)10-4;1-6-12-9-13(7-2)14(10-12)11-15(17)18-16(4,5)8-3;1-5-11-7-12(6-2)13(8-11)14(16)9-15(17)18-10(3)4;1-5-11-8-12(6-2)13(9-11)15(4,17)10-14(16)18-7-3;1-6-10-8-11(7-2)12(9-10)13(15)16-14(3,4)5;1-4-10-8-11(5-2)12(9-10)6-7-13(14)15-3;;;;;;;;;;;;/h13-16H,7-12H2,1-6H3;12-14H,6-11H2,1-5H3;10-14,16H,5-9H2,1-4H3;11-13,17H,5-10H2,1-4H3;10-12H,6-9H2,1-5H3;10-12H,4-9H2,1-3H3;12*1H4. The van der Waals surface area contributed by atoms with Gasteiger partial charge in [0.25, 0.3) is 0 Å². The molecule has 2 N–H and O–H groups in total. The van der Waals surface area contributed by atoms with Crippen molar-refractivity contribution < 1.29 is 67.4 Å². The largest absolute Gasteiger partial charge is 0.469 e. The Morgan fingerprint density at radius 1 is 0.393 bits per heavy atom. The first-order valence-corrected chi connectivity index (χ1v) is 43.8. The van der Waals surface area contributed by atoms with Crippen LogP contribution in [0.2, 0.25) is 0 Å². The zero-order valence-electron chi connectivity index (χ0n) is 73.3. The second-order valence-electron chi connectivity index (χ2n) is 36.0. The molecular weight excluding hydrogens is 1460 g/mol. The SMILES string of the molecule is C.C.C.C.C.C.C.C.C.C.C.C.CCC1CC(CC)C(C(=O)OC(C)(C)C)C1.CCC1CC(CC)C(C(C)C(=O)OC(C)(CC)CC)C1.CCC1CC(CC)C(C(O)CC(=O)OC(C)C)C1.CCC1CC(CC)C(CC(=O)OC(C)(C)CC)C1.CCC1CC(CC)C(CCC(=O)OC)C1.CCOC(=O)CC(C)(O)C1CC(CC)CC1CC. The molecule has 6 aliphatic rings. The van der Waals surface area contributed by atoms with E-state index in [0.29, 0.717) is 60.9 Å². The highest BCUT2D eigenvalue weighted by Crippen LogP contribution is 2.49. The van der Waals surface area contributed by atoms with Crippen molar-refractivity contribution in [1.82, 2.24) is 0 Å². The molecule has 21 atom stereocenters. The molecule has 0 aromatic carbocycles. The molecule has 6 fully saturated rings. The maximum Gasteiger partial charge on any atom is 0.309 e. The molecule has 6 rings (SSSR count). The van der Waals surface area contributed by atoms with Crippen LogP contribution in [-0.2, 0) is 57.2 Å². The molecule has 117 heavy (non-hydrogen) atoms. The van der Waals surface area contributed by atoms with Crippen molar-refractivity contribution in [2.24, 2.45) is 112 Å². The summed E-state index contributed by atoms with van der Waals surface area (Å²) in [6.07, 6.45) is 33.3. The van der Waals surface area contributed by atoms with Gasteiger partial charge in [0.2, 0.25) is 0 Å². The van der Waals surface area contributed by atoms with Gasteiger partial charge < -0.3 is 38.6 Å². The summed E-state index contributed by atoms with van der Waals surface area (Å²) < 4.78 is 31.7. The van der Waals surface area contributed by atoms with Crippen LogP contribution < -0.4 is 0 Å². The Labute approximate surface area is 734 Å². The summed E-state index contributed by atoms with van der Waals surface area (Å²) in [5, 5.41) is 20.9. The predicted molar refractivity (Wildman–Crippen MR) is 513 cm³/mol. The van der Waals surface area contributed by atoms with Crippen molar-refractivity contribution in [3.05, 3.63) is 0 Å². The average molecular weight is 1680 g/mol. The minimum absolute atomic E-state index is 0. The predicted octanol–water partition coefficient (Wildman–Crippen LogP) is 30.9. The molecular formula is C103H218O14. The van der Waals surface area contributed by atoms with Gasteiger partial charge in [0.15, 0.2) is 0 Å². The van der Waals surface area contributed by atoms with Crippen molar-refractivity contribution >= 4 is 35.8 Å². The number of carbonyl (C=O) groups is 6. The second-order valence-corrected chi connectivity index (χ2v) is 36.0. The van der Waals surface area contributed by atoms with Crippen LogP contribution in [0, 0.1) is 112 Å². The number of aliphatic hydroxyl groups excluding tert-OH is 1. The molecule has 0 aromatic rings. The zero-order valence-corrected chi connectivity index (χ0v) is 73.3. The molecule has 0 amide bonds. The summed E-state index contributed by atoms with van der Waals surface area (Å²) in [7, 11) is 1.48. The number of carbonyl (C=O) groups excluding carboxylic acids is 6. The molecule has 14 heteroatoms. The van der Waals surface area contributed by atoms with Gasteiger partial charge >= 0.3 is 35.8 Å². The third kappa shape index (κ3) is 50.3. The molecule has 714 valence electrons. The lowest BCUT2D eigenvalue weighted by Crippen LogP contribution is -2.39. The fourth-order valence-electron chi connectivity index (χ4n) is 18.9. The van der Waals surface area contributed by atoms with Crippen molar-refractivity contribution in [3.8, 4) is 0 Å². The van der Waals surface area contributed by atoms with Gasteiger partial charge in [0.1, 0.15) is 16.8 Å². The third-order valence-electron chi connectivity index (χ3n) is 26.8. The number of rotatable bonds is 33. The first kappa shape index (κ1) is 140. The van der Waals surface area contributed by atoms with Crippen LogP contribution >= 0.6 is 0 Å². The number of methoxy groups -OCH3 is 1. The Balaban J connectivity index is -0.000000111. The Hall–Kier alpha value is -3.26. The number of aliphatic hydroxyl groups is 2. The highest BCUT2D eigenvalue weighted by Gasteiger charge is 2.46. The molecule has 0 heterocycles. The summed E-state index contributed by atoms with van der Waals surface area (Å²) in [5.41, 5.74) is -1.85. The van der Waals surface area contributed by atoms with Crippen LogP contribution in [0.15, 0.2) is 0 Å². The van der Waals surface area contributed by atoms with Crippen LogP contribution in [-0.4, -0.2) is 94.4 Å². The van der Waals surface area contributed by atoms with Crippen LogP contribution in [0.4, 0.5) is 0 Å². The fraction of sp³-hybridized carbons (Fsp3) is 0.942. The van der Waals surface area contributed by atoms with Crippen molar-refractivity contribution in [3.63, 3.8) is 0 Å². The monoisotopic (exact) mass is 1680 g/mol. The highest BCUT2D eigenvalue weighted by molar-refractivity contribution is 5.74. The molecule has 0 aromatic heterocycles. The molecule has 6 aliphatic carbocycles. The van der Waals surface area contributed by atoms with Crippen molar-refractivity contribution in [1.29, 1.82) is 0 Å². The van der Waals surface area contributed by atoms with E-state index < -0.39 is 11.7 Å². The Bertz CT molecular complexity index is 2390. The third-order valence-corrected chi connectivity index (χ3v) is 26.8. The van der Waals surface area contributed by atoms with E-state index in [0.717, 1.165) is 112 Å². The minimum Gasteiger partial charge on any atom is -0.469 e. The molecule has 0 spiro atoms. The van der Waals surface area contributed by atoms with Gasteiger partial charge in [-0.1, -0.05) is 277 Å². The number of ether oxygens (including phenoxy) is 6. The summed E-state index contributed by atoms with van der Waals surface area (Å²) in [4.78, 5) is 70.8. The Kier molecular flexibility index (Phi) is 84.8. The van der Waals surface area contributed by atoms with Gasteiger partial charge in [-0.2, -0.15) is 0 Å². The molecule has 0 bridgehead atoms. The molecule has 0 aliphatic heterocycles. The number of hydrogen-bond donors (Lipinski definition) is 2. The van der Waals surface area contributed by atoms with Gasteiger partial charge in [0.05, 0.1) is 56.2 Å². The lowest BCUT2D eigenvalue weighted by Gasteiger charge is -2.33. The quantitative estimate of drug-likeness (QED) is 0.0465. The lowest BCUT2D eigenvalue weighted by atomic mass is 9.78. The van der Waals surface area contributed by atoms with Crippen LogP contribution in [0.3, 0.4) is 0 Å². The maximum absolute atomic E-state index is 12.5. The van der Waals surface area contributed by atoms with Gasteiger partial charge in [-0.05, 0) is 273 Å². The normalized spacial score (nSPS) is 26.6. The fourth-order valence-corrected chi connectivity index (χ4v) is 18.9. The Morgan fingerprint density at radius 2 is 0.769 bits per heavy atom. The van der Waals surface area contributed by atoms with Crippen LogP contribution in [0.25, 0.3) is 0 Å². The van der Waals surface area contributed by atoms with E-state index in [9.17, 15) is 39.0 Å². The summed E-state index contributed by atoms with van der Waals surface area (Å²) in [5.74, 6) is 10.6. The van der Waals surface area contributed by atoms with Gasteiger partial charge in [-0.3, -0.25) is 28.8 Å². The zero-order chi connectivity index (χ0) is 80.2. The average Bonchev–Trinajstić information content (AvgIpc) is 1.66. The Morgan fingerprint density at radius 3 is 1.17 bits per heavy atom. The van der Waals surface area contributed by atoms with E-state index in [1.807, 2.05) is 48.5 Å². The topological polar surface area (TPSA) is 198 Å². The first-order chi connectivity index (χ1) is 49.3. The summed E-state index contributed by atoms with van der Waals surface area (Å²) in [6, 6.07) is 0. The smallest absolute Gasteiger partial charge is 0.309 e. The summed E-state index contributed by atoms with van der Waals surface area (Å²) >= 11 is 0. The molecule has 0 radical (unpaired) electrons. The maximum atomic E-state index is 12.5. The first-order valence-electron chi connectivity index (χ1n) is 43.8. The molecule has 0 saturated heterocycles. The van der Waals surface area contributed by atoms with E-state index >= 15 is 0 Å². The van der Waals surface area contributed by atoms with E-state index in [2.05, 4.69) is 118 Å². The highest BCUT2D eigenvalue weighted by atomic mass is 16.6. The van der Waals surface area contributed by atoms with E-state index in [4.69, 9.17) is 28.4 Å². The van der Waals surface area contributed by atoms with Gasteiger partial charge in [-0.25, -0.2) is 0 Å². The number of esters is 6. The van der Waals surface area contributed by atoms with Crippen LogP contribution in [0.1, 0.15) is 475 Å². The lowest BCUT2D eigenvalue weighted by molar-refractivity contribution is -0.166. The van der Waals surface area contributed by atoms with Gasteiger partial charge in [-0.15, -0.1) is 0 Å². The van der Waals surface area contributed by atoms with Crippen molar-refractivity contribution in [2.75, 3.05) is 13.7 Å². The van der Waals surface area contributed by atoms with Crippen LogP contribution in [0.5, 0.6) is 0 Å². The molecule has 6 saturated carbocycles. The van der Waals surface area contributed by atoms with Gasteiger partial charge in [0, 0.05) is 12.8 Å². The number of hydrogen-bond acceptors (Lipinski definition) is 14. The minimum atomic E-state index is -0.920.